The van der Waals surface area contributed by atoms with E-state index in [-0.39, 0.29) is 18.1 Å². The van der Waals surface area contributed by atoms with E-state index in [1.165, 1.54) is 5.56 Å². The molecule has 1 aromatic rings. The molecule has 1 aliphatic heterocycles. The van der Waals surface area contributed by atoms with E-state index in [9.17, 15) is 4.79 Å². The lowest BCUT2D eigenvalue weighted by Crippen LogP contribution is -2.49. The summed E-state index contributed by atoms with van der Waals surface area (Å²) in [5, 5.41) is 3.13. The van der Waals surface area contributed by atoms with Crippen LogP contribution < -0.4 is 5.32 Å². The van der Waals surface area contributed by atoms with E-state index in [0.29, 0.717) is 0 Å². The summed E-state index contributed by atoms with van der Waals surface area (Å²) in [5.74, 6) is 0.0669. The van der Waals surface area contributed by atoms with Gasteiger partial charge in [-0.3, -0.25) is 9.69 Å². The maximum Gasteiger partial charge on any atom is 0.241 e. The number of aryl methyl sites for hydroxylation is 3. The Morgan fingerprint density at radius 2 is 2.00 bits per heavy atom. The van der Waals surface area contributed by atoms with E-state index in [1.54, 1.807) is 0 Å². The number of amides is 1. The Labute approximate surface area is 140 Å². The van der Waals surface area contributed by atoms with Crippen LogP contribution in [0.5, 0.6) is 0 Å². The molecule has 1 fully saturated rings. The first-order chi connectivity index (χ1) is 10.9. The van der Waals surface area contributed by atoms with Gasteiger partial charge in [-0.25, -0.2) is 0 Å². The molecular formula is C19H30N2O2. The molecule has 2 rings (SSSR count). The second-order valence-electron chi connectivity index (χ2n) is 6.65. The fourth-order valence-corrected chi connectivity index (χ4v) is 3.46. The van der Waals surface area contributed by atoms with Crippen LogP contribution in [0.15, 0.2) is 12.1 Å². The highest BCUT2D eigenvalue weighted by Gasteiger charge is 2.28. The van der Waals surface area contributed by atoms with E-state index in [2.05, 4.69) is 29.3 Å². The van der Waals surface area contributed by atoms with Crippen molar-refractivity contribution in [3.05, 3.63) is 28.8 Å². The lowest BCUT2D eigenvalue weighted by molar-refractivity contribution is -0.122. The number of carbonyl (C=O) groups is 1. The van der Waals surface area contributed by atoms with Crippen molar-refractivity contribution in [1.82, 2.24) is 4.90 Å². The number of likely N-dealkylation sites (tertiary alicyclic amines) is 1. The van der Waals surface area contributed by atoms with Gasteiger partial charge < -0.3 is 10.1 Å². The monoisotopic (exact) mass is 318 g/mol. The molecule has 0 saturated carbocycles. The van der Waals surface area contributed by atoms with E-state index < -0.39 is 0 Å². The Hall–Kier alpha value is -1.39. The number of benzene rings is 1. The normalized spacial score (nSPS) is 20.3. The molecule has 128 valence electrons. The van der Waals surface area contributed by atoms with Gasteiger partial charge in [0.15, 0.2) is 0 Å². The Morgan fingerprint density at radius 3 is 2.61 bits per heavy atom. The Kier molecular flexibility index (Phi) is 6.19. The van der Waals surface area contributed by atoms with Crippen LogP contribution in [0.1, 0.15) is 43.4 Å². The fourth-order valence-electron chi connectivity index (χ4n) is 3.46. The van der Waals surface area contributed by atoms with Crippen LogP contribution >= 0.6 is 0 Å². The molecule has 1 aromatic carbocycles. The molecule has 1 saturated heterocycles. The van der Waals surface area contributed by atoms with E-state index >= 15 is 0 Å². The van der Waals surface area contributed by atoms with Gasteiger partial charge in [0, 0.05) is 18.8 Å². The maximum absolute atomic E-state index is 12.7. The van der Waals surface area contributed by atoms with Crippen LogP contribution in [0.25, 0.3) is 0 Å². The Bertz CT molecular complexity index is 531. The number of nitrogens with one attached hydrogen (secondary N) is 1. The predicted octanol–water partition coefficient (Wildman–Crippen LogP) is 3.44. The molecule has 1 heterocycles. The highest BCUT2D eigenvalue weighted by Crippen LogP contribution is 2.23. The second kappa shape index (κ2) is 7.93. The van der Waals surface area contributed by atoms with Crippen molar-refractivity contribution >= 4 is 11.6 Å². The van der Waals surface area contributed by atoms with Gasteiger partial charge in [-0.2, -0.15) is 0 Å². The Balaban J connectivity index is 2.03. The molecule has 0 aliphatic carbocycles. The molecule has 23 heavy (non-hydrogen) atoms. The minimum absolute atomic E-state index is 0.0669. The molecular weight excluding hydrogens is 288 g/mol. The summed E-state index contributed by atoms with van der Waals surface area (Å²) in [4.78, 5) is 14.9. The van der Waals surface area contributed by atoms with Gasteiger partial charge in [0.25, 0.3) is 0 Å². The van der Waals surface area contributed by atoms with Crippen molar-refractivity contribution in [2.45, 2.75) is 59.6 Å². The maximum atomic E-state index is 12.7. The SMILES string of the molecule is CCOC1CCCN(C(C)C(=O)Nc2c(C)cc(C)cc2C)C1. The minimum atomic E-state index is -0.140. The third-order valence-corrected chi connectivity index (χ3v) is 4.66. The van der Waals surface area contributed by atoms with Gasteiger partial charge in [-0.05, 0) is 65.1 Å². The van der Waals surface area contributed by atoms with Crippen LogP contribution in [-0.2, 0) is 9.53 Å². The molecule has 1 amide bonds. The van der Waals surface area contributed by atoms with Crippen molar-refractivity contribution in [2.24, 2.45) is 0 Å². The number of rotatable bonds is 5. The number of anilines is 1. The highest BCUT2D eigenvalue weighted by atomic mass is 16.5. The van der Waals surface area contributed by atoms with Crippen LogP contribution in [0.2, 0.25) is 0 Å². The topological polar surface area (TPSA) is 41.6 Å². The summed E-state index contributed by atoms with van der Waals surface area (Å²) >= 11 is 0. The lowest BCUT2D eigenvalue weighted by atomic mass is 10.0. The van der Waals surface area contributed by atoms with Crippen molar-refractivity contribution in [1.29, 1.82) is 0 Å². The zero-order valence-corrected chi connectivity index (χ0v) is 15.1. The van der Waals surface area contributed by atoms with Crippen molar-refractivity contribution in [3.63, 3.8) is 0 Å². The van der Waals surface area contributed by atoms with Crippen LogP contribution in [0.4, 0.5) is 5.69 Å². The van der Waals surface area contributed by atoms with Crippen LogP contribution in [-0.4, -0.2) is 42.6 Å². The van der Waals surface area contributed by atoms with Crippen molar-refractivity contribution < 1.29 is 9.53 Å². The third-order valence-electron chi connectivity index (χ3n) is 4.66. The van der Waals surface area contributed by atoms with Gasteiger partial charge in [0.05, 0.1) is 12.1 Å². The van der Waals surface area contributed by atoms with E-state index in [1.807, 2.05) is 27.7 Å². The number of carbonyl (C=O) groups excluding carboxylic acids is 1. The van der Waals surface area contributed by atoms with Gasteiger partial charge in [0.1, 0.15) is 0 Å². The standard InChI is InChI=1S/C19H30N2O2/c1-6-23-17-8-7-9-21(12-17)16(5)19(22)20-18-14(3)10-13(2)11-15(18)4/h10-11,16-17H,6-9,12H2,1-5H3,(H,20,22). The molecule has 0 bridgehead atoms. The zero-order valence-electron chi connectivity index (χ0n) is 15.1. The van der Waals surface area contributed by atoms with Gasteiger partial charge >= 0.3 is 0 Å². The first-order valence-corrected chi connectivity index (χ1v) is 8.66. The molecule has 4 heteroatoms. The second-order valence-corrected chi connectivity index (χ2v) is 6.65. The number of hydrogen-bond donors (Lipinski definition) is 1. The molecule has 1 aliphatic rings. The molecule has 0 spiro atoms. The molecule has 2 unspecified atom stereocenters. The van der Waals surface area contributed by atoms with Crippen LogP contribution in [0, 0.1) is 20.8 Å². The molecule has 0 aromatic heterocycles. The summed E-state index contributed by atoms with van der Waals surface area (Å²) in [6.45, 7) is 12.7. The lowest BCUT2D eigenvalue weighted by Gasteiger charge is -2.36. The number of nitrogens with zero attached hydrogens (tertiary/aromatic N) is 1. The molecule has 1 N–H and O–H groups in total. The van der Waals surface area contributed by atoms with E-state index in [4.69, 9.17) is 4.74 Å². The average Bonchev–Trinajstić information content (AvgIpc) is 2.50. The van der Waals surface area contributed by atoms with Gasteiger partial charge in [-0.15, -0.1) is 0 Å². The number of hydrogen-bond acceptors (Lipinski definition) is 3. The summed E-state index contributed by atoms with van der Waals surface area (Å²) in [5.41, 5.74) is 4.41. The predicted molar refractivity (Wildman–Crippen MR) is 95.0 cm³/mol. The summed E-state index contributed by atoms with van der Waals surface area (Å²) in [6, 6.07) is 4.08. The summed E-state index contributed by atoms with van der Waals surface area (Å²) in [7, 11) is 0. The summed E-state index contributed by atoms with van der Waals surface area (Å²) in [6.07, 6.45) is 2.44. The van der Waals surface area contributed by atoms with E-state index in [0.717, 1.165) is 49.4 Å². The number of piperidine rings is 1. The third kappa shape index (κ3) is 4.55. The fraction of sp³-hybridized carbons (Fsp3) is 0.632. The average molecular weight is 318 g/mol. The Morgan fingerprint density at radius 1 is 1.35 bits per heavy atom. The first-order valence-electron chi connectivity index (χ1n) is 8.66. The van der Waals surface area contributed by atoms with Crippen molar-refractivity contribution in [2.75, 3.05) is 25.0 Å². The van der Waals surface area contributed by atoms with Gasteiger partial charge in [0.2, 0.25) is 5.91 Å². The largest absolute Gasteiger partial charge is 0.377 e. The van der Waals surface area contributed by atoms with Gasteiger partial charge in [-0.1, -0.05) is 17.7 Å². The molecule has 4 nitrogen and oxygen atoms in total. The zero-order chi connectivity index (χ0) is 17.0. The number of ether oxygens (including phenoxy) is 1. The quantitative estimate of drug-likeness (QED) is 0.904. The first kappa shape index (κ1) is 18.0. The van der Waals surface area contributed by atoms with Crippen molar-refractivity contribution in [3.8, 4) is 0 Å². The smallest absolute Gasteiger partial charge is 0.241 e. The highest BCUT2D eigenvalue weighted by molar-refractivity contribution is 5.96. The molecule has 2 atom stereocenters. The summed E-state index contributed by atoms with van der Waals surface area (Å²) < 4.78 is 5.74. The minimum Gasteiger partial charge on any atom is -0.377 e. The molecule has 0 radical (unpaired) electrons. The van der Waals surface area contributed by atoms with Crippen LogP contribution in [0.3, 0.4) is 0 Å².